The first-order valence-electron chi connectivity index (χ1n) is 9.11. The number of amides is 1. The minimum Gasteiger partial charge on any atom is -0.383 e. The first kappa shape index (κ1) is 20.0. The van der Waals surface area contributed by atoms with Gasteiger partial charge in [-0.05, 0) is 31.2 Å². The molecule has 3 aromatic heterocycles. The largest absolute Gasteiger partial charge is 0.419 e. The van der Waals surface area contributed by atoms with Crippen molar-refractivity contribution in [3.63, 3.8) is 0 Å². The number of carbonyl (C=O) groups excluding carboxylic acids is 1. The molecule has 0 spiro atoms. The summed E-state index contributed by atoms with van der Waals surface area (Å²) in [6.45, 7) is 1.47. The normalized spacial score (nSPS) is 16.8. The van der Waals surface area contributed by atoms with E-state index in [-0.39, 0.29) is 35.7 Å². The fraction of sp³-hybridized carbons (Fsp3) is 0.333. The lowest BCUT2D eigenvalue weighted by atomic mass is 10.1. The molecule has 0 bridgehead atoms. The molecule has 0 saturated carbocycles. The van der Waals surface area contributed by atoms with Gasteiger partial charge in [0.05, 0.1) is 23.6 Å². The van der Waals surface area contributed by atoms with Crippen molar-refractivity contribution in [2.75, 3.05) is 30.7 Å². The number of nitrogens with one attached hydrogen (secondary N) is 2. The van der Waals surface area contributed by atoms with E-state index in [4.69, 9.17) is 10.5 Å². The van der Waals surface area contributed by atoms with E-state index in [1.54, 1.807) is 6.07 Å². The van der Waals surface area contributed by atoms with Gasteiger partial charge in [-0.3, -0.25) is 4.79 Å². The Kier molecular flexibility index (Phi) is 5.26. The van der Waals surface area contributed by atoms with Crippen molar-refractivity contribution < 1.29 is 22.7 Å². The van der Waals surface area contributed by atoms with Crippen molar-refractivity contribution in [3.8, 4) is 11.3 Å². The number of nitrogens with two attached hydrogens (primary N) is 1. The molecule has 1 aliphatic heterocycles. The molecule has 4 rings (SSSR count). The molecule has 9 nitrogen and oxygen atoms in total. The van der Waals surface area contributed by atoms with Gasteiger partial charge in [-0.15, -0.1) is 0 Å². The molecule has 1 fully saturated rings. The van der Waals surface area contributed by atoms with Crippen molar-refractivity contribution in [2.45, 2.75) is 18.7 Å². The quantitative estimate of drug-likeness (QED) is 0.574. The number of halogens is 3. The molecule has 12 heteroatoms. The molecule has 1 saturated heterocycles. The highest BCUT2D eigenvalue weighted by atomic mass is 19.4. The lowest BCUT2D eigenvalue weighted by Gasteiger charge is -2.10. The van der Waals surface area contributed by atoms with E-state index in [1.807, 2.05) is 0 Å². The topological polar surface area (TPSA) is 119 Å². The lowest BCUT2D eigenvalue weighted by Crippen LogP contribution is -2.24. The molecule has 1 atom stereocenters. The fourth-order valence-electron chi connectivity index (χ4n) is 3.08. The zero-order valence-corrected chi connectivity index (χ0v) is 15.6. The van der Waals surface area contributed by atoms with Gasteiger partial charge >= 0.3 is 6.18 Å². The van der Waals surface area contributed by atoms with Gasteiger partial charge < -0.3 is 21.1 Å². The maximum Gasteiger partial charge on any atom is 0.419 e. The van der Waals surface area contributed by atoms with Gasteiger partial charge in [0, 0.05) is 18.3 Å². The highest BCUT2D eigenvalue weighted by Gasteiger charge is 2.34. The maximum atomic E-state index is 13.1. The summed E-state index contributed by atoms with van der Waals surface area (Å²) in [7, 11) is 0. The lowest BCUT2D eigenvalue weighted by molar-refractivity contribution is -0.137. The molecule has 1 amide bonds. The molecule has 158 valence electrons. The summed E-state index contributed by atoms with van der Waals surface area (Å²) >= 11 is 0. The molecule has 1 unspecified atom stereocenters. The molecule has 3 aromatic rings. The number of rotatable bonds is 5. The van der Waals surface area contributed by atoms with Gasteiger partial charge in [-0.1, -0.05) is 0 Å². The smallest absolute Gasteiger partial charge is 0.383 e. The van der Waals surface area contributed by atoms with Crippen LogP contribution in [0.5, 0.6) is 0 Å². The third-order valence-electron chi connectivity index (χ3n) is 4.57. The number of alkyl halides is 3. The van der Waals surface area contributed by atoms with E-state index in [2.05, 4.69) is 25.7 Å². The number of aromatic nitrogens is 4. The SMILES string of the molecule is Nc1ncc(-c2ccc3nc(NC(=O)COC4CCNC4)cn3n2)cc1C(F)(F)F. The summed E-state index contributed by atoms with van der Waals surface area (Å²) < 4.78 is 46.1. The molecule has 0 aromatic carbocycles. The predicted molar refractivity (Wildman–Crippen MR) is 101 cm³/mol. The summed E-state index contributed by atoms with van der Waals surface area (Å²) in [5.41, 5.74) is 5.11. The molecular weight excluding hydrogens is 403 g/mol. The fourth-order valence-corrected chi connectivity index (χ4v) is 3.08. The summed E-state index contributed by atoms with van der Waals surface area (Å²) in [5.74, 6) is -0.706. The van der Waals surface area contributed by atoms with Crippen molar-refractivity contribution in [1.82, 2.24) is 24.9 Å². The van der Waals surface area contributed by atoms with Gasteiger partial charge in [0.1, 0.15) is 12.4 Å². The Labute approximate surface area is 168 Å². The molecule has 1 aliphatic rings. The molecule has 4 N–H and O–H groups in total. The zero-order valence-electron chi connectivity index (χ0n) is 15.6. The van der Waals surface area contributed by atoms with Gasteiger partial charge in [0.25, 0.3) is 5.91 Å². The van der Waals surface area contributed by atoms with Gasteiger partial charge in [-0.2, -0.15) is 18.3 Å². The summed E-state index contributed by atoms with van der Waals surface area (Å²) in [6, 6.07) is 3.98. The van der Waals surface area contributed by atoms with Crippen molar-refractivity contribution in [1.29, 1.82) is 0 Å². The Bertz CT molecular complexity index is 1080. The average Bonchev–Trinajstić information content (AvgIpc) is 3.34. The van der Waals surface area contributed by atoms with Crippen LogP contribution in [0.2, 0.25) is 0 Å². The van der Waals surface area contributed by atoms with Crippen molar-refractivity contribution in [3.05, 3.63) is 36.2 Å². The maximum absolute atomic E-state index is 13.1. The van der Waals surface area contributed by atoms with Gasteiger partial charge in [-0.25, -0.2) is 14.5 Å². The van der Waals surface area contributed by atoms with Crippen LogP contribution in [-0.2, 0) is 15.7 Å². The third-order valence-corrected chi connectivity index (χ3v) is 4.57. The number of anilines is 2. The zero-order chi connectivity index (χ0) is 21.3. The van der Waals surface area contributed by atoms with Crippen LogP contribution < -0.4 is 16.4 Å². The summed E-state index contributed by atoms with van der Waals surface area (Å²) in [5, 5.41) is 10.0. The van der Waals surface area contributed by atoms with Crippen LogP contribution in [0.15, 0.2) is 30.6 Å². The molecule has 0 aliphatic carbocycles. The van der Waals surface area contributed by atoms with Crippen molar-refractivity contribution in [2.24, 2.45) is 0 Å². The van der Waals surface area contributed by atoms with E-state index >= 15 is 0 Å². The number of pyridine rings is 1. The number of hydrogen-bond donors (Lipinski definition) is 3. The van der Waals surface area contributed by atoms with Crippen LogP contribution in [-0.4, -0.2) is 51.3 Å². The standard InChI is InChI=1S/C18H18F3N7O2/c19-18(20,21)12-5-10(6-24-17(12)22)13-1-2-15-25-14(8-28(15)27-13)26-16(29)9-30-11-3-4-23-7-11/h1-2,5-6,8,11,23H,3-4,7,9H2,(H2,22,24)(H,26,29). The number of nitrogens with zero attached hydrogens (tertiary/aromatic N) is 4. The van der Waals surface area contributed by atoms with E-state index in [0.29, 0.717) is 12.2 Å². The van der Waals surface area contributed by atoms with Crippen LogP contribution in [0, 0.1) is 0 Å². The Morgan fingerprint density at radius 1 is 1.40 bits per heavy atom. The average molecular weight is 421 g/mol. The number of hydrogen-bond acceptors (Lipinski definition) is 7. The summed E-state index contributed by atoms with van der Waals surface area (Å²) in [6.07, 6.45) is -1.09. The van der Waals surface area contributed by atoms with Gasteiger partial charge in [0.2, 0.25) is 0 Å². The van der Waals surface area contributed by atoms with Crippen molar-refractivity contribution >= 4 is 23.2 Å². The number of fused-ring (bicyclic) bond motifs is 1. The molecular formula is C18H18F3N7O2. The highest BCUT2D eigenvalue weighted by molar-refractivity contribution is 5.91. The first-order valence-corrected chi connectivity index (χ1v) is 9.11. The number of ether oxygens (including phenoxy) is 1. The van der Waals surface area contributed by atoms with E-state index in [9.17, 15) is 18.0 Å². The van der Waals surface area contributed by atoms with Crippen LogP contribution in [0.25, 0.3) is 16.9 Å². The second kappa shape index (κ2) is 7.88. The second-order valence-corrected chi connectivity index (χ2v) is 6.78. The Morgan fingerprint density at radius 3 is 2.97 bits per heavy atom. The third kappa shape index (κ3) is 4.33. The first-order chi connectivity index (χ1) is 14.3. The molecule has 30 heavy (non-hydrogen) atoms. The monoisotopic (exact) mass is 421 g/mol. The Morgan fingerprint density at radius 2 is 2.23 bits per heavy atom. The minimum absolute atomic E-state index is 0.0103. The summed E-state index contributed by atoms with van der Waals surface area (Å²) in [4.78, 5) is 19.9. The number of nitrogen functional groups attached to an aromatic ring is 1. The van der Waals surface area contributed by atoms with E-state index in [1.165, 1.54) is 23.0 Å². The predicted octanol–water partition coefficient (Wildman–Crippen LogP) is 1.71. The number of carbonyl (C=O) groups is 1. The number of imidazole rings is 1. The molecule has 4 heterocycles. The van der Waals surface area contributed by atoms with Crippen LogP contribution in [0.3, 0.4) is 0 Å². The Hall–Kier alpha value is -3.25. The second-order valence-electron chi connectivity index (χ2n) is 6.78. The minimum atomic E-state index is -4.62. The van der Waals surface area contributed by atoms with Crippen LogP contribution in [0.1, 0.15) is 12.0 Å². The highest BCUT2D eigenvalue weighted by Crippen LogP contribution is 2.34. The van der Waals surface area contributed by atoms with E-state index < -0.39 is 17.6 Å². The van der Waals surface area contributed by atoms with Crippen LogP contribution in [0.4, 0.5) is 24.8 Å². The van der Waals surface area contributed by atoms with Gasteiger partial charge in [0.15, 0.2) is 11.5 Å². The van der Waals surface area contributed by atoms with E-state index in [0.717, 1.165) is 19.0 Å². The van der Waals surface area contributed by atoms with Crippen LogP contribution >= 0.6 is 0 Å². The Balaban J connectivity index is 1.50. The molecule has 0 radical (unpaired) electrons.